The Kier molecular flexibility index (Phi) is 23.2. The monoisotopic (exact) mass is 670 g/mol. The average molecular weight is 672 g/mol. The predicted molar refractivity (Wildman–Crippen MR) is 201 cm³/mol. The molecule has 1 heterocycles. The van der Waals surface area contributed by atoms with E-state index in [2.05, 4.69) is 77.9 Å². The molecule has 3 heteroatoms. The Bertz CT molecular complexity index is 1180. The summed E-state index contributed by atoms with van der Waals surface area (Å²) in [4.78, 5) is 0. The molecule has 0 N–H and O–H groups in total. The molecule has 2 aromatic rings. The number of aryl methyl sites for hydroxylation is 4. The number of benzene rings is 2. The van der Waals surface area contributed by atoms with Crippen LogP contribution in [-0.4, -0.2) is 4.70 Å². The van der Waals surface area contributed by atoms with Crippen LogP contribution in [0.4, 0.5) is 0 Å². The van der Waals surface area contributed by atoms with Crippen molar-refractivity contribution < 1.29 is 21.2 Å². The molecule has 0 unspecified atom stereocenters. The fourth-order valence-corrected chi connectivity index (χ4v) is 6.64. The normalized spacial score (nSPS) is 12.7. The summed E-state index contributed by atoms with van der Waals surface area (Å²) in [6, 6.07) is 14.3. The van der Waals surface area contributed by atoms with Crippen LogP contribution in [0.25, 0.3) is 16.9 Å². The molecule has 0 amide bonds. The van der Waals surface area contributed by atoms with Gasteiger partial charge in [-0.1, -0.05) is 105 Å². The minimum Gasteiger partial charge on any atom is -0.493 e. The van der Waals surface area contributed by atoms with E-state index < -0.39 is 0 Å². The smallest absolute Gasteiger partial charge is 0.493 e. The number of unbranched alkanes of at least 4 members (excludes halogenated alkanes) is 9. The molecule has 46 heavy (non-hydrogen) atoms. The molecule has 0 bridgehead atoms. The number of hydrogen-bond donors (Lipinski definition) is 0. The summed E-state index contributed by atoms with van der Waals surface area (Å²) in [6.45, 7) is 13.7. The Morgan fingerprint density at radius 2 is 0.804 bits per heavy atom. The number of nitrogens with zero attached hydrogens (tertiary/aromatic N) is 2. The van der Waals surface area contributed by atoms with E-state index in [-0.39, 0.29) is 31.3 Å². The molecule has 0 radical (unpaired) electrons. The fraction of sp³-hybridized carbons (Fsp3) is 0.581. The first-order chi connectivity index (χ1) is 21.0. The van der Waals surface area contributed by atoms with E-state index in [1.54, 1.807) is 4.70 Å². The van der Waals surface area contributed by atoms with Gasteiger partial charge in [0.1, 0.15) is 0 Å². The number of rotatable bonds is 21. The predicted octanol–water partition coefficient (Wildman–Crippen LogP) is 13.9. The van der Waals surface area contributed by atoms with E-state index in [9.17, 15) is 5.53 Å². The molecule has 0 saturated heterocycles. The van der Waals surface area contributed by atoms with Crippen LogP contribution in [-0.2, 0) is 42.2 Å². The van der Waals surface area contributed by atoms with Gasteiger partial charge in [0.25, 0.3) is 0 Å². The zero-order valence-corrected chi connectivity index (χ0v) is 32.1. The average Bonchev–Trinajstić information content (AvgIpc) is 3.26. The molecule has 0 aliphatic carbocycles. The van der Waals surface area contributed by atoms with E-state index in [0.29, 0.717) is 0 Å². The van der Waals surface area contributed by atoms with Gasteiger partial charge in [-0.3, -0.25) is 0 Å². The summed E-state index contributed by atoms with van der Waals surface area (Å²) in [5.41, 5.74) is 24.8. The van der Waals surface area contributed by atoms with Crippen molar-refractivity contribution in [3.63, 3.8) is 0 Å². The molecule has 2 aromatic carbocycles. The molecule has 0 aromatic heterocycles. The van der Waals surface area contributed by atoms with Gasteiger partial charge >= 0.3 is 16.5 Å². The molecule has 0 atom stereocenters. The zero-order chi connectivity index (χ0) is 31.0. The number of hydrogen-bond acceptors (Lipinski definition) is 0. The third-order valence-corrected chi connectivity index (χ3v) is 9.23. The Labute approximate surface area is 296 Å². The van der Waals surface area contributed by atoms with Crippen molar-refractivity contribution in [1.29, 1.82) is 0 Å². The van der Waals surface area contributed by atoms with Crippen molar-refractivity contribution in [2.45, 2.75) is 164 Å². The minimum absolute atomic E-state index is 0. The van der Waals surface area contributed by atoms with Crippen LogP contribution in [0.15, 0.2) is 47.5 Å². The first kappa shape index (κ1) is 44.0. The van der Waals surface area contributed by atoms with Gasteiger partial charge < -0.3 is 20.4 Å². The summed E-state index contributed by atoms with van der Waals surface area (Å²) in [5.74, 6) is 0. The van der Waals surface area contributed by atoms with Gasteiger partial charge in [0.2, 0.25) is 11.4 Å². The van der Waals surface area contributed by atoms with Crippen LogP contribution in [0.2, 0.25) is 0 Å². The molecule has 260 valence electrons. The first-order valence-corrected chi connectivity index (χ1v) is 18.2. The molecule has 1 aliphatic heterocycles. The van der Waals surface area contributed by atoms with Gasteiger partial charge in [-0.05, 0) is 118 Å². The van der Waals surface area contributed by atoms with E-state index >= 15 is 0 Å². The zero-order valence-electron chi connectivity index (χ0n) is 31.1. The largest absolute Gasteiger partial charge is 2.00 e. The van der Waals surface area contributed by atoms with Crippen molar-refractivity contribution in [2.24, 2.45) is 0 Å². The molecule has 2 nitrogen and oxygen atoms in total. The Balaban J connectivity index is 0.00000675. The second-order valence-corrected chi connectivity index (χ2v) is 13.1. The van der Waals surface area contributed by atoms with Gasteiger partial charge in [0.05, 0.1) is 0 Å². The van der Waals surface area contributed by atoms with Crippen molar-refractivity contribution in [1.82, 2.24) is 0 Å². The standard InChI is InChI=1S/C41H62N2.2CH3.Ni/c1-7-12-17-18-19-20-25-39-32(6)40(37-28-33(21-13-8-2)26-34(29-37)22-14-9-3)43(42)41(39)38-30-35(23-15-10-4)27-36(31-38)24-16-11-5;;;/h26-31H,7-25H2,1-6H3;2*1H3;/q;2*-1;+2. The third kappa shape index (κ3) is 12.9. The van der Waals surface area contributed by atoms with Crippen molar-refractivity contribution in [3.8, 4) is 0 Å². The Morgan fingerprint density at radius 1 is 0.457 bits per heavy atom. The van der Waals surface area contributed by atoms with E-state index in [1.807, 2.05) is 0 Å². The second-order valence-electron chi connectivity index (χ2n) is 13.1. The van der Waals surface area contributed by atoms with Crippen LogP contribution in [0, 0.1) is 14.9 Å². The van der Waals surface area contributed by atoms with Crippen molar-refractivity contribution in [2.75, 3.05) is 0 Å². The van der Waals surface area contributed by atoms with Gasteiger partial charge in [0.15, 0.2) is 0 Å². The van der Waals surface area contributed by atoms with Gasteiger partial charge in [-0.2, -0.15) is 0 Å². The summed E-state index contributed by atoms with van der Waals surface area (Å²) in [6.07, 6.45) is 22.8. The van der Waals surface area contributed by atoms with Crippen molar-refractivity contribution in [3.05, 3.63) is 101 Å². The number of allylic oxidation sites excluding steroid dienone is 2. The quantitative estimate of drug-likeness (QED) is 0.0546. The van der Waals surface area contributed by atoms with E-state index in [4.69, 9.17) is 0 Å². The van der Waals surface area contributed by atoms with Gasteiger partial charge in [-0.15, -0.1) is 0 Å². The Morgan fingerprint density at radius 3 is 1.20 bits per heavy atom. The van der Waals surface area contributed by atoms with Crippen molar-refractivity contribution >= 4 is 11.4 Å². The summed E-state index contributed by atoms with van der Waals surface area (Å²) in [7, 11) is 0. The third-order valence-electron chi connectivity index (χ3n) is 9.23. The van der Waals surface area contributed by atoms with Crippen LogP contribution in [0.3, 0.4) is 0 Å². The van der Waals surface area contributed by atoms with Crippen LogP contribution < -0.4 is 0 Å². The second kappa shape index (κ2) is 24.2. The van der Waals surface area contributed by atoms with Crippen LogP contribution in [0.1, 0.15) is 171 Å². The van der Waals surface area contributed by atoms with Crippen LogP contribution >= 0.6 is 0 Å². The van der Waals surface area contributed by atoms with Crippen LogP contribution in [0.5, 0.6) is 0 Å². The van der Waals surface area contributed by atoms with Gasteiger partial charge in [-0.25, -0.2) is 4.70 Å². The maximum atomic E-state index is 12.2. The molecular formula is C43H68N2Ni. The van der Waals surface area contributed by atoms with E-state index in [1.165, 1.54) is 134 Å². The fourth-order valence-electron chi connectivity index (χ4n) is 6.64. The maximum absolute atomic E-state index is 12.2. The van der Waals surface area contributed by atoms with Gasteiger partial charge in [0, 0.05) is 22.3 Å². The summed E-state index contributed by atoms with van der Waals surface area (Å²) < 4.78 is 1.59. The van der Waals surface area contributed by atoms with E-state index in [0.717, 1.165) is 43.5 Å². The molecular weight excluding hydrogens is 603 g/mol. The Hall–Kier alpha value is -1.99. The maximum Gasteiger partial charge on any atom is 2.00 e. The molecule has 0 fully saturated rings. The topological polar surface area (TPSA) is 25.3 Å². The SMILES string of the molecule is CCCCCCCCC1=C(c2cc(CCCC)cc(CCCC)c2)[N+](=[N-])C(c2cc(CCCC)cc(CCCC)c2)=C1C.[CH3-].[CH3-].[Ni+2]. The first-order valence-electron chi connectivity index (χ1n) is 18.2. The molecule has 0 spiro atoms. The molecule has 0 saturated carbocycles. The summed E-state index contributed by atoms with van der Waals surface area (Å²) >= 11 is 0. The molecule has 3 rings (SSSR count). The minimum atomic E-state index is 0. The molecule has 1 aliphatic rings. The summed E-state index contributed by atoms with van der Waals surface area (Å²) in [5, 5.41) is 0.